The molecule has 15 heavy (non-hydrogen) atoms. The molecule has 1 aromatic heterocycles. The number of ether oxygens (including phenoxy) is 1. The van der Waals surface area contributed by atoms with Gasteiger partial charge < -0.3 is 9.72 Å². The molecule has 1 aliphatic rings. The van der Waals surface area contributed by atoms with Crippen LogP contribution in [0.15, 0.2) is 4.79 Å². The van der Waals surface area contributed by atoms with Crippen LogP contribution in [0.4, 0.5) is 0 Å². The van der Waals surface area contributed by atoms with E-state index in [-0.39, 0.29) is 5.56 Å². The van der Waals surface area contributed by atoms with E-state index in [1.54, 1.807) is 0 Å². The summed E-state index contributed by atoms with van der Waals surface area (Å²) in [7, 11) is 0. The molecule has 0 bridgehead atoms. The van der Waals surface area contributed by atoms with Crippen LogP contribution in [0.2, 0.25) is 0 Å². The highest BCUT2D eigenvalue weighted by Gasteiger charge is 2.15. The lowest BCUT2D eigenvalue weighted by Gasteiger charge is -2.15. The number of hydrogen-bond acceptors (Lipinski definition) is 3. The summed E-state index contributed by atoms with van der Waals surface area (Å²) in [5.41, 5.74) is 1.61. The standard InChI is InChI=1S/C11H16N2O2/c1-2-3-4-10-12-9-5-6-15-7-8(9)11(14)13-10/h2-7H2,1H3,(H,12,13,14). The number of unbranched alkanes of at least 4 members (excludes halogenated alkanes) is 1. The number of hydrogen-bond donors (Lipinski definition) is 1. The van der Waals surface area contributed by atoms with Crippen LogP contribution >= 0.6 is 0 Å². The minimum atomic E-state index is -0.0224. The monoisotopic (exact) mass is 208 g/mol. The molecule has 0 atom stereocenters. The molecule has 2 heterocycles. The van der Waals surface area contributed by atoms with Gasteiger partial charge in [-0.2, -0.15) is 0 Å². The van der Waals surface area contributed by atoms with Gasteiger partial charge in [-0.1, -0.05) is 13.3 Å². The average Bonchev–Trinajstić information content (AvgIpc) is 2.26. The Morgan fingerprint density at radius 2 is 2.40 bits per heavy atom. The Hall–Kier alpha value is -1.16. The fourth-order valence-electron chi connectivity index (χ4n) is 1.76. The first-order chi connectivity index (χ1) is 7.31. The summed E-state index contributed by atoms with van der Waals surface area (Å²) in [6.45, 7) is 3.22. The third-order valence-electron chi connectivity index (χ3n) is 2.65. The molecule has 1 aromatic rings. The minimum Gasteiger partial charge on any atom is -0.376 e. The van der Waals surface area contributed by atoms with Crippen LogP contribution in [0.1, 0.15) is 36.8 Å². The molecule has 2 rings (SSSR count). The van der Waals surface area contributed by atoms with E-state index in [9.17, 15) is 4.79 Å². The number of aromatic nitrogens is 2. The summed E-state index contributed by atoms with van der Waals surface area (Å²) >= 11 is 0. The van der Waals surface area contributed by atoms with Gasteiger partial charge in [0.1, 0.15) is 5.82 Å². The van der Waals surface area contributed by atoms with Crippen molar-refractivity contribution >= 4 is 0 Å². The maximum atomic E-state index is 11.7. The van der Waals surface area contributed by atoms with Gasteiger partial charge in [-0.3, -0.25) is 4.79 Å². The molecular weight excluding hydrogens is 192 g/mol. The Morgan fingerprint density at radius 1 is 1.53 bits per heavy atom. The fourth-order valence-corrected chi connectivity index (χ4v) is 1.76. The first kappa shape index (κ1) is 10.4. The Bertz CT molecular complexity index is 398. The van der Waals surface area contributed by atoms with Crippen molar-refractivity contribution in [3.05, 3.63) is 27.4 Å². The van der Waals surface area contributed by atoms with E-state index >= 15 is 0 Å². The molecule has 0 spiro atoms. The van der Waals surface area contributed by atoms with Gasteiger partial charge in [0.2, 0.25) is 0 Å². The molecule has 0 saturated heterocycles. The van der Waals surface area contributed by atoms with Gasteiger partial charge in [0.05, 0.1) is 24.5 Å². The van der Waals surface area contributed by atoms with Crippen molar-refractivity contribution in [3.8, 4) is 0 Å². The summed E-state index contributed by atoms with van der Waals surface area (Å²) in [4.78, 5) is 19.0. The van der Waals surface area contributed by atoms with E-state index in [1.165, 1.54) is 0 Å². The third-order valence-corrected chi connectivity index (χ3v) is 2.65. The van der Waals surface area contributed by atoms with Crippen molar-refractivity contribution in [2.24, 2.45) is 0 Å². The molecule has 1 N–H and O–H groups in total. The zero-order chi connectivity index (χ0) is 10.7. The lowest BCUT2D eigenvalue weighted by atomic mass is 10.1. The Labute approximate surface area is 88.7 Å². The van der Waals surface area contributed by atoms with Gasteiger partial charge in [0.25, 0.3) is 5.56 Å². The smallest absolute Gasteiger partial charge is 0.256 e. The first-order valence-electron chi connectivity index (χ1n) is 5.50. The van der Waals surface area contributed by atoms with Crippen molar-refractivity contribution in [2.45, 2.75) is 39.2 Å². The highest BCUT2D eigenvalue weighted by molar-refractivity contribution is 5.19. The lowest BCUT2D eigenvalue weighted by Crippen LogP contribution is -2.25. The quantitative estimate of drug-likeness (QED) is 0.811. The minimum absolute atomic E-state index is 0.0224. The number of rotatable bonds is 3. The number of aryl methyl sites for hydroxylation is 1. The number of nitrogens with one attached hydrogen (secondary N) is 1. The highest BCUT2D eigenvalue weighted by Crippen LogP contribution is 2.10. The molecule has 0 amide bonds. The Kier molecular flexibility index (Phi) is 3.16. The predicted molar refractivity (Wildman–Crippen MR) is 56.8 cm³/mol. The zero-order valence-electron chi connectivity index (χ0n) is 9.01. The van der Waals surface area contributed by atoms with E-state index in [0.29, 0.717) is 18.8 Å². The van der Waals surface area contributed by atoms with Crippen LogP contribution in [0.3, 0.4) is 0 Å². The van der Waals surface area contributed by atoms with Crippen molar-refractivity contribution in [1.82, 2.24) is 9.97 Å². The van der Waals surface area contributed by atoms with Crippen LogP contribution in [0.5, 0.6) is 0 Å². The SMILES string of the molecule is CCCCc1nc2c(c(=O)[nH]1)COCC2. The molecule has 0 fully saturated rings. The van der Waals surface area contributed by atoms with Gasteiger partial charge >= 0.3 is 0 Å². The van der Waals surface area contributed by atoms with E-state index in [1.807, 2.05) is 0 Å². The van der Waals surface area contributed by atoms with Crippen molar-refractivity contribution in [1.29, 1.82) is 0 Å². The van der Waals surface area contributed by atoms with Crippen LogP contribution in [-0.2, 0) is 24.2 Å². The number of aromatic amines is 1. The van der Waals surface area contributed by atoms with Crippen molar-refractivity contribution < 1.29 is 4.74 Å². The topological polar surface area (TPSA) is 55.0 Å². The van der Waals surface area contributed by atoms with Crippen LogP contribution in [0, 0.1) is 0 Å². The maximum absolute atomic E-state index is 11.7. The summed E-state index contributed by atoms with van der Waals surface area (Å²) in [5, 5.41) is 0. The third kappa shape index (κ3) is 2.26. The van der Waals surface area contributed by atoms with Gasteiger partial charge in [0.15, 0.2) is 0 Å². The molecule has 4 heteroatoms. The van der Waals surface area contributed by atoms with E-state index in [4.69, 9.17) is 4.74 Å². The summed E-state index contributed by atoms with van der Waals surface area (Å²) in [5.74, 6) is 0.822. The van der Waals surface area contributed by atoms with Gasteiger partial charge in [0, 0.05) is 12.8 Å². The molecule has 82 valence electrons. The largest absolute Gasteiger partial charge is 0.376 e. The lowest BCUT2D eigenvalue weighted by molar-refractivity contribution is 0.108. The average molecular weight is 208 g/mol. The van der Waals surface area contributed by atoms with Crippen molar-refractivity contribution in [3.63, 3.8) is 0 Å². The summed E-state index contributed by atoms with van der Waals surface area (Å²) < 4.78 is 5.24. The van der Waals surface area contributed by atoms with Crippen LogP contribution in [-0.4, -0.2) is 16.6 Å². The van der Waals surface area contributed by atoms with Crippen LogP contribution < -0.4 is 5.56 Å². The Balaban J connectivity index is 2.28. The van der Waals surface area contributed by atoms with E-state index in [0.717, 1.165) is 37.2 Å². The first-order valence-corrected chi connectivity index (χ1v) is 5.50. The number of H-pyrrole nitrogens is 1. The molecule has 0 radical (unpaired) electrons. The molecule has 1 aliphatic heterocycles. The van der Waals surface area contributed by atoms with E-state index in [2.05, 4.69) is 16.9 Å². The molecular formula is C11H16N2O2. The number of nitrogens with zero attached hydrogens (tertiary/aromatic N) is 1. The summed E-state index contributed by atoms with van der Waals surface area (Å²) in [6.07, 6.45) is 3.81. The Morgan fingerprint density at radius 3 is 3.20 bits per heavy atom. The molecule has 0 unspecified atom stereocenters. The molecule has 4 nitrogen and oxygen atoms in total. The van der Waals surface area contributed by atoms with Gasteiger partial charge in [-0.05, 0) is 6.42 Å². The second-order valence-corrected chi connectivity index (χ2v) is 3.84. The molecule has 0 aromatic carbocycles. The van der Waals surface area contributed by atoms with Crippen molar-refractivity contribution in [2.75, 3.05) is 6.61 Å². The van der Waals surface area contributed by atoms with Gasteiger partial charge in [-0.25, -0.2) is 4.98 Å². The zero-order valence-corrected chi connectivity index (χ0v) is 9.01. The van der Waals surface area contributed by atoms with Crippen LogP contribution in [0.25, 0.3) is 0 Å². The normalized spacial score (nSPS) is 15.0. The molecule has 0 saturated carbocycles. The fraction of sp³-hybridized carbons (Fsp3) is 0.636. The summed E-state index contributed by atoms with van der Waals surface area (Å²) in [6, 6.07) is 0. The highest BCUT2D eigenvalue weighted by atomic mass is 16.5. The second kappa shape index (κ2) is 4.57. The predicted octanol–water partition coefficient (Wildman–Crippen LogP) is 1.19. The maximum Gasteiger partial charge on any atom is 0.256 e. The van der Waals surface area contributed by atoms with Gasteiger partial charge in [-0.15, -0.1) is 0 Å². The number of fused-ring (bicyclic) bond motifs is 1. The van der Waals surface area contributed by atoms with E-state index < -0.39 is 0 Å². The second-order valence-electron chi connectivity index (χ2n) is 3.84. The molecule has 0 aliphatic carbocycles.